The van der Waals surface area contributed by atoms with Crippen LogP contribution in [0.5, 0.6) is 0 Å². The maximum atomic E-state index is 2.53. The van der Waals surface area contributed by atoms with Crippen LogP contribution in [0.2, 0.25) is 0 Å². The van der Waals surface area contributed by atoms with E-state index >= 15 is 0 Å². The van der Waals surface area contributed by atoms with Crippen molar-refractivity contribution >= 4 is 0 Å². The Balaban J connectivity index is 2.78. The maximum absolute atomic E-state index is 2.53. The highest BCUT2D eigenvalue weighted by atomic mass is 14.5. The largest absolute Gasteiger partial charge is 0.0648 e. The van der Waals surface area contributed by atoms with Crippen molar-refractivity contribution in [3.63, 3.8) is 0 Å². The van der Waals surface area contributed by atoms with E-state index < -0.39 is 0 Å². The smallest absolute Gasteiger partial charge is 0.0252 e. The Morgan fingerprint density at radius 1 is 1.06 bits per heavy atom. The number of hydrogen-bond acceptors (Lipinski definition) is 0. The monoisotopic (exact) mass is 252 g/mol. The summed E-state index contributed by atoms with van der Waals surface area (Å²) in [6.45, 7) is 19.6. The van der Waals surface area contributed by atoms with E-state index in [0.29, 0.717) is 16.2 Å². The Morgan fingerprint density at radius 2 is 1.50 bits per heavy atom. The fraction of sp³-hybridized carbons (Fsp3) is 1.00. The van der Waals surface area contributed by atoms with E-state index in [4.69, 9.17) is 0 Å². The Kier molecular flexibility index (Phi) is 4.62. The Hall–Kier alpha value is 0. The van der Waals surface area contributed by atoms with E-state index in [1.807, 2.05) is 0 Å². The first kappa shape index (κ1) is 16.1. The second-order valence-corrected chi connectivity index (χ2v) is 8.81. The molecular formula is C18H36. The van der Waals surface area contributed by atoms with Crippen LogP contribution in [-0.2, 0) is 0 Å². The average Bonchev–Trinajstić information content (AvgIpc) is 2.25. The highest BCUT2D eigenvalue weighted by Crippen LogP contribution is 2.53. The molecule has 0 aliphatic heterocycles. The molecule has 0 bridgehead atoms. The average molecular weight is 252 g/mol. The Morgan fingerprint density at radius 3 is 1.83 bits per heavy atom. The topological polar surface area (TPSA) is 0 Å². The molecule has 1 saturated carbocycles. The summed E-state index contributed by atoms with van der Waals surface area (Å²) in [5.74, 6) is 1.79. The van der Waals surface area contributed by atoms with Gasteiger partial charge in [0.15, 0.2) is 0 Å². The second-order valence-electron chi connectivity index (χ2n) is 8.81. The molecule has 0 heteroatoms. The number of rotatable bonds is 3. The standard InChI is InChI=1S/C18H36/c1-9-18(8,16(3,4)5)14(2)15-10-12-17(6,7)13-11-15/h14-15H,9-13H2,1-8H3. The van der Waals surface area contributed by atoms with Gasteiger partial charge in [0.2, 0.25) is 0 Å². The molecule has 0 aromatic heterocycles. The summed E-state index contributed by atoms with van der Waals surface area (Å²) >= 11 is 0. The van der Waals surface area contributed by atoms with Gasteiger partial charge in [-0.1, -0.05) is 55.4 Å². The van der Waals surface area contributed by atoms with Crippen LogP contribution in [0.25, 0.3) is 0 Å². The van der Waals surface area contributed by atoms with Crippen molar-refractivity contribution < 1.29 is 0 Å². The van der Waals surface area contributed by atoms with E-state index in [1.165, 1.54) is 32.1 Å². The van der Waals surface area contributed by atoms with E-state index in [-0.39, 0.29) is 0 Å². The van der Waals surface area contributed by atoms with Gasteiger partial charge in [-0.15, -0.1) is 0 Å². The quantitative estimate of drug-likeness (QED) is 0.553. The van der Waals surface area contributed by atoms with E-state index in [9.17, 15) is 0 Å². The van der Waals surface area contributed by atoms with Gasteiger partial charge in [0.25, 0.3) is 0 Å². The third-order valence-corrected chi connectivity index (χ3v) is 6.54. The molecule has 0 saturated heterocycles. The zero-order valence-electron chi connectivity index (χ0n) is 14.2. The summed E-state index contributed by atoms with van der Waals surface area (Å²) in [7, 11) is 0. The van der Waals surface area contributed by atoms with Crippen molar-refractivity contribution in [2.75, 3.05) is 0 Å². The van der Waals surface area contributed by atoms with Crippen molar-refractivity contribution in [3.8, 4) is 0 Å². The van der Waals surface area contributed by atoms with Gasteiger partial charge in [-0.3, -0.25) is 0 Å². The molecule has 18 heavy (non-hydrogen) atoms. The molecule has 1 rings (SSSR count). The zero-order valence-corrected chi connectivity index (χ0v) is 14.2. The molecule has 0 aromatic rings. The van der Waals surface area contributed by atoms with E-state index in [0.717, 1.165) is 11.8 Å². The van der Waals surface area contributed by atoms with Gasteiger partial charge in [0, 0.05) is 0 Å². The van der Waals surface area contributed by atoms with Crippen molar-refractivity contribution in [2.45, 2.75) is 87.5 Å². The summed E-state index contributed by atoms with van der Waals surface area (Å²) in [5, 5.41) is 0. The van der Waals surface area contributed by atoms with Gasteiger partial charge in [-0.25, -0.2) is 0 Å². The lowest BCUT2D eigenvalue weighted by atomic mass is 9.54. The molecule has 0 N–H and O–H groups in total. The highest BCUT2D eigenvalue weighted by Gasteiger charge is 2.44. The molecular weight excluding hydrogens is 216 g/mol. The molecule has 1 aliphatic rings. The summed E-state index contributed by atoms with van der Waals surface area (Å²) in [4.78, 5) is 0. The van der Waals surface area contributed by atoms with E-state index in [1.54, 1.807) is 0 Å². The van der Waals surface area contributed by atoms with Crippen LogP contribution in [0.15, 0.2) is 0 Å². The van der Waals surface area contributed by atoms with Crippen LogP contribution < -0.4 is 0 Å². The third kappa shape index (κ3) is 3.11. The lowest BCUT2D eigenvalue weighted by Gasteiger charge is -2.51. The Labute approximate surface area is 116 Å². The van der Waals surface area contributed by atoms with Gasteiger partial charge in [-0.2, -0.15) is 0 Å². The predicted molar refractivity (Wildman–Crippen MR) is 82.8 cm³/mol. The second kappa shape index (κ2) is 5.17. The van der Waals surface area contributed by atoms with Gasteiger partial charge in [0.05, 0.1) is 0 Å². The highest BCUT2D eigenvalue weighted by molar-refractivity contribution is 4.94. The normalized spacial score (nSPS) is 26.7. The molecule has 108 valence electrons. The van der Waals surface area contributed by atoms with Crippen LogP contribution in [0.3, 0.4) is 0 Å². The fourth-order valence-electron chi connectivity index (χ4n) is 3.98. The minimum atomic E-state index is 0.411. The van der Waals surface area contributed by atoms with Gasteiger partial charge in [-0.05, 0) is 60.2 Å². The predicted octanol–water partition coefficient (Wildman–Crippen LogP) is 6.30. The van der Waals surface area contributed by atoms with Crippen LogP contribution >= 0.6 is 0 Å². The maximum Gasteiger partial charge on any atom is -0.0252 e. The molecule has 0 nitrogen and oxygen atoms in total. The molecule has 0 radical (unpaired) electrons. The molecule has 0 aromatic carbocycles. The molecule has 2 unspecified atom stereocenters. The summed E-state index contributed by atoms with van der Waals surface area (Å²) in [6.07, 6.45) is 7.04. The van der Waals surface area contributed by atoms with Crippen molar-refractivity contribution in [2.24, 2.45) is 28.1 Å². The summed E-state index contributed by atoms with van der Waals surface area (Å²) in [5.41, 5.74) is 1.48. The summed E-state index contributed by atoms with van der Waals surface area (Å²) in [6, 6.07) is 0. The van der Waals surface area contributed by atoms with Crippen LogP contribution in [0.4, 0.5) is 0 Å². The zero-order chi connectivity index (χ0) is 14.2. The minimum Gasteiger partial charge on any atom is -0.0648 e. The van der Waals surface area contributed by atoms with Crippen molar-refractivity contribution in [3.05, 3.63) is 0 Å². The first-order valence-electron chi connectivity index (χ1n) is 8.03. The first-order chi connectivity index (χ1) is 8.03. The molecule has 0 heterocycles. The van der Waals surface area contributed by atoms with Crippen LogP contribution in [0.1, 0.15) is 87.5 Å². The van der Waals surface area contributed by atoms with Gasteiger partial charge >= 0.3 is 0 Å². The minimum absolute atomic E-state index is 0.411. The molecule has 1 fully saturated rings. The molecule has 0 spiro atoms. The lowest BCUT2D eigenvalue weighted by Crippen LogP contribution is -2.42. The Bertz CT molecular complexity index is 258. The molecule has 0 amide bonds. The summed E-state index contributed by atoms with van der Waals surface area (Å²) < 4.78 is 0. The van der Waals surface area contributed by atoms with Crippen LogP contribution in [-0.4, -0.2) is 0 Å². The SMILES string of the molecule is CCC(C)(C(C)C1CCC(C)(C)CC1)C(C)(C)C. The van der Waals surface area contributed by atoms with Crippen LogP contribution in [0, 0.1) is 28.1 Å². The van der Waals surface area contributed by atoms with Crippen molar-refractivity contribution in [1.29, 1.82) is 0 Å². The van der Waals surface area contributed by atoms with E-state index in [2.05, 4.69) is 55.4 Å². The van der Waals surface area contributed by atoms with Gasteiger partial charge < -0.3 is 0 Å². The molecule has 2 atom stereocenters. The van der Waals surface area contributed by atoms with Crippen molar-refractivity contribution in [1.82, 2.24) is 0 Å². The first-order valence-corrected chi connectivity index (χ1v) is 8.03. The fourth-order valence-corrected chi connectivity index (χ4v) is 3.98. The third-order valence-electron chi connectivity index (χ3n) is 6.54. The van der Waals surface area contributed by atoms with Gasteiger partial charge in [0.1, 0.15) is 0 Å². The number of hydrogen-bond donors (Lipinski definition) is 0. The molecule has 1 aliphatic carbocycles. The lowest BCUT2D eigenvalue weighted by molar-refractivity contribution is -0.0120.